The summed E-state index contributed by atoms with van der Waals surface area (Å²) < 4.78 is 11.5. The van der Waals surface area contributed by atoms with Crippen LogP contribution in [0.5, 0.6) is 0 Å². The molecule has 1 aliphatic heterocycles. The lowest BCUT2D eigenvalue weighted by molar-refractivity contribution is 0.211. The van der Waals surface area contributed by atoms with Gasteiger partial charge in [-0.05, 0) is 39.3 Å². The van der Waals surface area contributed by atoms with Crippen LogP contribution in [0.25, 0.3) is 0 Å². The van der Waals surface area contributed by atoms with Crippen LogP contribution in [0.15, 0.2) is 0 Å². The third-order valence-electron chi connectivity index (χ3n) is 4.32. The molecule has 17 heavy (non-hydrogen) atoms. The summed E-state index contributed by atoms with van der Waals surface area (Å²) in [4.78, 5) is 2.54. The van der Waals surface area contributed by atoms with Gasteiger partial charge in [0.2, 0.25) is 0 Å². The Labute approximate surface area is 108 Å². The van der Waals surface area contributed by atoms with Crippen molar-refractivity contribution in [3.63, 3.8) is 0 Å². The number of hydrogen-bond donors (Lipinski definition) is 1. The van der Waals surface area contributed by atoms with Gasteiger partial charge in [0.1, 0.15) is 0 Å². The largest absolute Gasteiger partial charge is 0.310 e. The van der Waals surface area contributed by atoms with Crippen LogP contribution in [-0.4, -0.2) is 52.3 Å². The summed E-state index contributed by atoms with van der Waals surface area (Å²) in [5.41, 5.74) is 0.380. The average Bonchev–Trinajstić information content (AvgIpc) is 2.62. The number of hydrogen-bond acceptors (Lipinski definition) is 3. The minimum atomic E-state index is -0.693. The first kappa shape index (κ1) is 13.5. The Morgan fingerprint density at radius 3 is 2.71 bits per heavy atom. The summed E-state index contributed by atoms with van der Waals surface area (Å²) in [5.74, 6) is 0. The van der Waals surface area contributed by atoms with Crippen molar-refractivity contribution >= 4 is 10.8 Å². The van der Waals surface area contributed by atoms with Gasteiger partial charge >= 0.3 is 0 Å². The van der Waals surface area contributed by atoms with E-state index in [1.165, 1.54) is 32.1 Å². The lowest BCUT2D eigenvalue weighted by Gasteiger charge is -2.34. The predicted octanol–water partition coefficient (Wildman–Crippen LogP) is 1.36. The minimum Gasteiger partial charge on any atom is -0.310 e. The number of nitrogens with one attached hydrogen (secondary N) is 1. The molecule has 1 saturated carbocycles. The molecule has 3 nitrogen and oxygen atoms in total. The normalized spacial score (nSPS) is 29.1. The Hall–Kier alpha value is 0.0700. The molecule has 1 spiro atoms. The highest BCUT2D eigenvalue weighted by molar-refractivity contribution is 7.84. The van der Waals surface area contributed by atoms with Crippen molar-refractivity contribution in [1.82, 2.24) is 10.2 Å². The van der Waals surface area contributed by atoms with Crippen LogP contribution >= 0.6 is 0 Å². The molecule has 2 unspecified atom stereocenters. The van der Waals surface area contributed by atoms with Crippen molar-refractivity contribution in [3.8, 4) is 0 Å². The van der Waals surface area contributed by atoms with Gasteiger partial charge in [0, 0.05) is 40.9 Å². The average molecular weight is 258 g/mol. The van der Waals surface area contributed by atoms with Crippen LogP contribution in [-0.2, 0) is 10.8 Å². The van der Waals surface area contributed by atoms with Crippen LogP contribution in [0.4, 0.5) is 0 Å². The van der Waals surface area contributed by atoms with Crippen molar-refractivity contribution in [2.45, 2.75) is 49.8 Å². The first-order valence-electron chi connectivity index (χ1n) is 6.91. The molecule has 4 heteroatoms. The van der Waals surface area contributed by atoms with Gasteiger partial charge in [-0.1, -0.05) is 12.8 Å². The molecule has 0 bridgehead atoms. The van der Waals surface area contributed by atoms with E-state index in [0.29, 0.717) is 10.8 Å². The lowest BCUT2D eigenvalue weighted by atomic mass is 9.97. The zero-order valence-electron chi connectivity index (χ0n) is 11.2. The maximum absolute atomic E-state index is 11.5. The fraction of sp³-hybridized carbons (Fsp3) is 1.00. The molecule has 1 heterocycles. The Balaban J connectivity index is 1.95. The first-order valence-corrected chi connectivity index (χ1v) is 8.53. The zero-order valence-corrected chi connectivity index (χ0v) is 12.0. The van der Waals surface area contributed by atoms with E-state index < -0.39 is 10.8 Å². The van der Waals surface area contributed by atoms with Gasteiger partial charge in [0.05, 0.1) is 0 Å². The third kappa shape index (κ3) is 3.52. The second kappa shape index (κ2) is 5.81. The van der Waals surface area contributed by atoms with E-state index in [1.54, 1.807) is 0 Å². The standard InChI is InChI=1S/C13H26N2OS/c1-12(17(2)16)10-15-9-5-8-14-13(11-15)6-3-4-7-13/h12,14H,3-11H2,1-2H3. The molecule has 0 aromatic carbocycles. The van der Waals surface area contributed by atoms with Crippen LogP contribution in [0.3, 0.4) is 0 Å². The van der Waals surface area contributed by atoms with E-state index in [2.05, 4.69) is 17.1 Å². The van der Waals surface area contributed by atoms with Gasteiger partial charge < -0.3 is 10.2 Å². The Morgan fingerprint density at radius 2 is 2.06 bits per heavy atom. The van der Waals surface area contributed by atoms with Crippen molar-refractivity contribution in [1.29, 1.82) is 0 Å². The fourth-order valence-corrected chi connectivity index (χ4v) is 3.65. The molecule has 0 aromatic rings. The van der Waals surface area contributed by atoms with Crippen molar-refractivity contribution in [2.75, 3.05) is 32.4 Å². The molecule has 2 rings (SSSR count). The van der Waals surface area contributed by atoms with Crippen molar-refractivity contribution in [2.24, 2.45) is 0 Å². The van der Waals surface area contributed by atoms with E-state index in [9.17, 15) is 4.21 Å². The smallest absolute Gasteiger partial charge is 0.0444 e. The van der Waals surface area contributed by atoms with Gasteiger partial charge in [-0.3, -0.25) is 4.21 Å². The maximum Gasteiger partial charge on any atom is 0.0444 e. The highest BCUT2D eigenvalue weighted by atomic mass is 32.2. The quantitative estimate of drug-likeness (QED) is 0.829. The van der Waals surface area contributed by atoms with Gasteiger partial charge in [0.15, 0.2) is 0 Å². The summed E-state index contributed by atoms with van der Waals surface area (Å²) >= 11 is 0. The molecule has 1 saturated heterocycles. The van der Waals surface area contributed by atoms with Crippen LogP contribution in [0.1, 0.15) is 39.0 Å². The SMILES string of the molecule is CC(CN1CCCNC2(CCCC2)C1)S(C)=O. The molecule has 1 aliphatic carbocycles. The monoisotopic (exact) mass is 258 g/mol. The van der Waals surface area contributed by atoms with E-state index in [0.717, 1.165) is 26.2 Å². The molecule has 2 fully saturated rings. The molecular formula is C13H26N2OS. The Bertz CT molecular complexity index is 277. The highest BCUT2D eigenvalue weighted by Gasteiger charge is 2.36. The molecule has 1 N–H and O–H groups in total. The van der Waals surface area contributed by atoms with Crippen LogP contribution in [0, 0.1) is 0 Å². The topological polar surface area (TPSA) is 32.3 Å². The Kier molecular flexibility index (Phi) is 4.61. The molecule has 0 aromatic heterocycles. The second-order valence-electron chi connectivity index (χ2n) is 5.81. The maximum atomic E-state index is 11.5. The molecule has 0 radical (unpaired) electrons. The summed E-state index contributed by atoms with van der Waals surface area (Å²) in [6.45, 7) is 6.58. The predicted molar refractivity (Wildman–Crippen MR) is 73.8 cm³/mol. The number of rotatable bonds is 3. The summed E-state index contributed by atoms with van der Waals surface area (Å²) in [6, 6.07) is 0. The van der Waals surface area contributed by atoms with E-state index in [1.807, 2.05) is 6.26 Å². The van der Waals surface area contributed by atoms with Crippen LogP contribution in [0.2, 0.25) is 0 Å². The van der Waals surface area contributed by atoms with Gasteiger partial charge in [-0.25, -0.2) is 0 Å². The van der Waals surface area contributed by atoms with E-state index in [-0.39, 0.29) is 0 Å². The van der Waals surface area contributed by atoms with Crippen molar-refractivity contribution in [3.05, 3.63) is 0 Å². The minimum absolute atomic E-state index is 0.298. The molecular weight excluding hydrogens is 232 g/mol. The molecule has 0 amide bonds. The molecule has 100 valence electrons. The van der Waals surface area contributed by atoms with E-state index in [4.69, 9.17) is 0 Å². The number of nitrogens with zero attached hydrogens (tertiary/aromatic N) is 1. The van der Waals surface area contributed by atoms with Crippen LogP contribution < -0.4 is 5.32 Å². The third-order valence-corrected chi connectivity index (χ3v) is 5.60. The summed E-state index contributed by atoms with van der Waals surface area (Å²) in [5, 5.41) is 4.07. The van der Waals surface area contributed by atoms with Gasteiger partial charge in [-0.15, -0.1) is 0 Å². The zero-order chi connectivity index (χ0) is 12.3. The van der Waals surface area contributed by atoms with Crippen molar-refractivity contribution < 1.29 is 4.21 Å². The second-order valence-corrected chi connectivity index (χ2v) is 7.61. The Morgan fingerprint density at radius 1 is 1.35 bits per heavy atom. The summed E-state index contributed by atoms with van der Waals surface area (Å²) in [7, 11) is -0.693. The first-order chi connectivity index (χ1) is 8.11. The molecule has 2 aliphatic rings. The summed E-state index contributed by atoms with van der Waals surface area (Å²) in [6.07, 6.45) is 8.45. The fourth-order valence-electron chi connectivity index (χ4n) is 3.23. The lowest BCUT2D eigenvalue weighted by Crippen LogP contribution is -2.50. The highest BCUT2D eigenvalue weighted by Crippen LogP contribution is 2.31. The van der Waals surface area contributed by atoms with E-state index >= 15 is 0 Å². The van der Waals surface area contributed by atoms with Gasteiger partial charge in [0.25, 0.3) is 0 Å². The molecule has 2 atom stereocenters. The van der Waals surface area contributed by atoms with Gasteiger partial charge in [-0.2, -0.15) is 0 Å².